The van der Waals surface area contributed by atoms with Crippen molar-refractivity contribution in [1.29, 1.82) is 0 Å². The van der Waals surface area contributed by atoms with E-state index in [0.29, 0.717) is 22.0 Å². The lowest BCUT2D eigenvalue weighted by atomic mass is 10.2. The van der Waals surface area contributed by atoms with Gasteiger partial charge in [0.1, 0.15) is 5.75 Å². The van der Waals surface area contributed by atoms with Crippen molar-refractivity contribution in [3.05, 3.63) is 59.1 Å². The topological polar surface area (TPSA) is 64.6 Å². The number of hydrogen-bond acceptors (Lipinski definition) is 4. The SMILES string of the molecule is CC(C)OC(=O)c1ccc(NC(=O)COc2cccc(Cl)c2)cc1. The van der Waals surface area contributed by atoms with E-state index in [0.717, 1.165) is 0 Å². The van der Waals surface area contributed by atoms with Crippen molar-refractivity contribution >= 4 is 29.2 Å². The average Bonchev–Trinajstić information content (AvgIpc) is 2.53. The molecule has 5 nitrogen and oxygen atoms in total. The van der Waals surface area contributed by atoms with Crippen LogP contribution in [-0.2, 0) is 9.53 Å². The van der Waals surface area contributed by atoms with Gasteiger partial charge in [0.2, 0.25) is 0 Å². The Labute approximate surface area is 145 Å². The van der Waals surface area contributed by atoms with E-state index in [1.165, 1.54) is 0 Å². The van der Waals surface area contributed by atoms with Gasteiger partial charge in [0.05, 0.1) is 11.7 Å². The van der Waals surface area contributed by atoms with Crippen LogP contribution in [0, 0.1) is 0 Å². The molecule has 0 aliphatic rings. The first-order valence-electron chi connectivity index (χ1n) is 7.43. The average molecular weight is 348 g/mol. The quantitative estimate of drug-likeness (QED) is 0.804. The Balaban J connectivity index is 1.86. The zero-order chi connectivity index (χ0) is 17.5. The van der Waals surface area contributed by atoms with Gasteiger partial charge in [0, 0.05) is 10.7 Å². The molecule has 0 bridgehead atoms. The van der Waals surface area contributed by atoms with Crippen LogP contribution in [0.25, 0.3) is 0 Å². The van der Waals surface area contributed by atoms with E-state index in [4.69, 9.17) is 21.1 Å². The summed E-state index contributed by atoms with van der Waals surface area (Å²) in [6, 6.07) is 13.3. The fourth-order valence-corrected chi connectivity index (χ4v) is 2.05. The number of halogens is 1. The van der Waals surface area contributed by atoms with Crippen LogP contribution in [0.4, 0.5) is 5.69 Å². The highest BCUT2D eigenvalue weighted by Gasteiger charge is 2.10. The van der Waals surface area contributed by atoms with Crippen molar-refractivity contribution in [1.82, 2.24) is 0 Å². The van der Waals surface area contributed by atoms with Gasteiger partial charge in [-0.25, -0.2) is 4.79 Å². The first kappa shape index (κ1) is 17.8. The van der Waals surface area contributed by atoms with Crippen LogP contribution < -0.4 is 10.1 Å². The van der Waals surface area contributed by atoms with Crippen LogP contribution in [0.2, 0.25) is 5.02 Å². The summed E-state index contributed by atoms with van der Waals surface area (Å²) in [5.41, 5.74) is 0.993. The standard InChI is InChI=1S/C18H18ClNO4/c1-12(2)24-18(22)13-6-8-15(9-7-13)20-17(21)11-23-16-5-3-4-14(19)10-16/h3-10,12H,11H2,1-2H3,(H,20,21). The summed E-state index contributed by atoms with van der Waals surface area (Å²) in [4.78, 5) is 23.6. The Morgan fingerprint density at radius 2 is 1.83 bits per heavy atom. The van der Waals surface area contributed by atoms with Gasteiger partial charge < -0.3 is 14.8 Å². The van der Waals surface area contributed by atoms with Gasteiger partial charge in [-0.15, -0.1) is 0 Å². The molecule has 0 heterocycles. The summed E-state index contributed by atoms with van der Waals surface area (Å²) in [5, 5.41) is 3.22. The molecule has 0 aliphatic carbocycles. The lowest BCUT2D eigenvalue weighted by Gasteiger charge is -2.09. The second kappa shape index (κ2) is 8.36. The van der Waals surface area contributed by atoms with Gasteiger partial charge in [-0.05, 0) is 56.3 Å². The molecule has 0 atom stereocenters. The van der Waals surface area contributed by atoms with Gasteiger partial charge in [-0.2, -0.15) is 0 Å². The number of benzene rings is 2. The number of carbonyl (C=O) groups excluding carboxylic acids is 2. The van der Waals surface area contributed by atoms with Crippen molar-refractivity contribution in [2.45, 2.75) is 20.0 Å². The zero-order valence-electron chi connectivity index (χ0n) is 13.4. The largest absolute Gasteiger partial charge is 0.484 e. The predicted octanol–water partition coefficient (Wildman–Crippen LogP) is 3.92. The summed E-state index contributed by atoms with van der Waals surface area (Å²) >= 11 is 5.84. The van der Waals surface area contributed by atoms with Crippen LogP contribution in [0.5, 0.6) is 5.75 Å². The third-order valence-corrected chi connectivity index (χ3v) is 3.15. The lowest BCUT2D eigenvalue weighted by molar-refractivity contribution is -0.118. The number of anilines is 1. The Hall–Kier alpha value is -2.53. The Morgan fingerprint density at radius 1 is 1.12 bits per heavy atom. The van der Waals surface area contributed by atoms with Crippen molar-refractivity contribution < 1.29 is 19.1 Å². The van der Waals surface area contributed by atoms with Crippen LogP contribution in [-0.4, -0.2) is 24.6 Å². The fourth-order valence-electron chi connectivity index (χ4n) is 1.87. The fraction of sp³-hybridized carbons (Fsp3) is 0.222. The molecule has 0 fully saturated rings. The first-order chi connectivity index (χ1) is 11.4. The molecular weight excluding hydrogens is 330 g/mol. The van der Waals surface area contributed by atoms with Gasteiger partial charge >= 0.3 is 5.97 Å². The molecule has 0 aromatic heterocycles. The minimum atomic E-state index is -0.396. The minimum absolute atomic E-state index is 0.141. The molecule has 6 heteroatoms. The van der Waals surface area contributed by atoms with E-state index >= 15 is 0 Å². The van der Waals surface area contributed by atoms with Crippen LogP contribution in [0.3, 0.4) is 0 Å². The zero-order valence-corrected chi connectivity index (χ0v) is 14.2. The van der Waals surface area contributed by atoms with E-state index < -0.39 is 5.97 Å². The molecule has 0 aliphatic heterocycles. The highest BCUT2D eigenvalue weighted by atomic mass is 35.5. The normalized spacial score (nSPS) is 10.3. The maximum atomic E-state index is 11.9. The molecule has 0 spiro atoms. The molecular formula is C18H18ClNO4. The van der Waals surface area contributed by atoms with Crippen LogP contribution in [0.15, 0.2) is 48.5 Å². The van der Waals surface area contributed by atoms with E-state index in [1.54, 1.807) is 62.4 Å². The molecule has 0 saturated carbocycles. The number of carbonyl (C=O) groups is 2. The summed E-state index contributed by atoms with van der Waals surface area (Å²) < 4.78 is 10.5. The molecule has 1 N–H and O–H groups in total. The molecule has 1 amide bonds. The lowest BCUT2D eigenvalue weighted by Crippen LogP contribution is -2.20. The van der Waals surface area contributed by atoms with E-state index in [2.05, 4.69) is 5.32 Å². The summed E-state index contributed by atoms with van der Waals surface area (Å²) in [5.74, 6) is -0.191. The highest BCUT2D eigenvalue weighted by Crippen LogP contribution is 2.17. The van der Waals surface area contributed by atoms with Crippen LogP contribution >= 0.6 is 11.6 Å². The number of ether oxygens (including phenoxy) is 2. The van der Waals surface area contributed by atoms with Crippen molar-refractivity contribution in [2.75, 3.05) is 11.9 Å². The van der Waals surface area contributed by atoms with Gasteiger partial charge in [-0.3, -0.25) is 4.79 Å². The monoisotopic (exact) mass is 347 g/mol. The number of esters is 1. The number of nitrogens with one attached hydrogen (secondary N) is 1. The van der Waals surface area contributed by atoms with Gasteiger partial charge in [-0.1, -0.05) is 17.7 Å². The maximum Gasteiger partial charge on any atom is 0.338 e. The second-order valence-electron chi connectivity index (χ2n) is 5.33. The summed E-state index contributed by atoms with van der Waals surface area (Å²) in [6.07, 6.45) is -0.180. The second-order valence-corrected chi connectivity index (χ2v) is 5.76. The molecule has 0 radical (unpaired) electrons. The van der Waals surface area contributed by atoms with E-state index in [1.807, 2.05) is 0 Å². The summed E-state index contributed by atoms with van der Waals surface area (Å²) in [7, 11) is 0. The summed E-state index contributed by atoms with van der Waals surface area (Å²) in [6.45, 7) is 3.43. The van der Waals surface area contributed by atoms with E-state index in [9.17, 15) is 9.59 Å². The van der Waals surface area contributed by atoms with Crippen molar-refractivity contribution in [3.8, 4) is 5.75 Å². The molecule has 0 unspecified atom stereocenters. The smallest absolute Gasteiger partial charge is 0.338 e. The Morgan fingerprint density at radius 3 is 2.46 bits per heavy atom. The van der Waals surface area contributed by atoms with Crippen molar-refractivity contribution in [3.63, 3.8) is 0 Å². The van der Waals surface area contributed by atoms with Crippen LogP contribution in [0.1, 0.15) is 24.2 Å². The minimum Gasteiger partial charge on any atom is -0.484 e. The number of amides is 1. The molecule has 2 rings (SSSR count). The first-order valence-corrected chi connectivity index (χ1v) is 7.81. The Bertz CT molecular complexity index is 713. The Kier molecular flexibility index (Phi) is 6.21. The van der Waals surface area contributed by atoms with E-state index in [-0.39, 0.29) is 18.6 Å². The third kappa shape index (κ3) is 5.59. The molecule has 2 aromatic rings. The van der Waals surface area contributed by atoms with Crippen molar-refractivity contribution in [2.24, 2.45) is 0 Å². The predicted molar refractivity (Wildman–Crippen MR) is 92.6 cm³/mol. The maximum absolute atomic E-state index is 11.9. The number of rotatable bonds is 6. The number of hydrogen-bond donors (Lipinski definition) is 1. The highest BCUT2D eigenvalue weighted by molar-refractivity contribution is 6.30. The third-order valence-electron chi connectivity index (χ3n) is 2.91. The molecule has 2 aromatic carbocycles. The van der Waals surface area contributed by atoms with Gasteiger partial charge in [0.25, 0.3) is 5.91 Å². The van der Waals surface area contributed by atoms with Gasteiger partial charge in [0.15, 0.2) is 6.61 Å². The molecule has 0 saturated heterocycles. The molecule has 24 heavy (non-hydrogen) atoms. The molecule has 126 valence electrons.